The van der Waals surface area contributed by atoms with E-state index in [4.69, 9.17) is 9.26 Å². The minimum absolute atomic E-state index is 0.191. The first kappa shape index (κ1) is 17.6. The maximum absolute atomic E-state index is 5.79. The highest BCUT2D eigenvalue weighted by atomic mass is 16.5. The van der Waals surface area contributed by atoms with Crippen molar-refractivity contribution in [1.82, 2.24) is 10.1 Å². The third kappa shape index (κ3) is 3.89. The highest BCUT2D eigenvalue weighted by Crippen LogP contribution is 2.28. The molecule has 0 bridgehead atoms. The number of hydrogen-bond donors (Lipinski definition) is 0. The molecule has 3 rings (SSSR count). The number of nitrogens with zero attached hydrogens (tertiary/aromatic N) is 4. The highest BCUT2D eigenvalue weighted by Gasteiger charge is 2.27. The second-order valence-electron chi connectivity index (χ2n) is 6.94. The highest BCUT2D eigenvalue weighted by molar-refractivity contribution is 5.57. The number of piperazine rings is 1. The first-order chi connectivity index (χ1) is 12.0. The second-order valence-corrected chi connectivity index (χ2v) is 6.94. The van der Waals surface area contributed by atoms with Gasteiger partial charge < -0.3 is 19.1 Å². The van der Waals surface area contributed by atoms with E-state index in [1.807, 2.05) is 20.8 Å². The molecule has 25 heavy (non-hydrogen) atoms. The first-order valence-corrected chi connectivity index (χ1v) is 9.09. The molecule has 1 aromatic heterocycles. The Hall–Kier alpha value is -2.24. The molecule has 0 spiro atoms. The third-order valence-corrected chi connectivity index (χ3v) is 4.52. The van der Waals surface area contributed by atoms with Crippen LogP contribution in [0.1, 0.15) is 39.1 Å². The second kappa shape index (κ2) is 7.33. The largest absolute Gasteiger partial charge is 0.491 e. The summed E-state index contributed by atoms with van der Waals surface area (Å²) in [5, 5.41) is 4.12. The molecule has 1 aromatic carbocycles. The van der Waals surface area contributed by atoms with E-state index in [2.05, 4.69) is 52.0 Å². The van der Waals surface area contributed by atoms with Gasteiger partial charge in [-0.1, -0.05) is 6.92 Å². The van der Waals surface area contributed by atoms with Crippen LogP contribution in [0.3, 0.4) is 0 Å². The van der Waals surface area contributed by atoms with Crippen molar-refractivity contribution in [2.24, 2.45) is 0 Å². The maximum atomic E-state index is 5.79. The van der Waals surface area contributed by atoms with Gasteiger partial charge in [0.25, 0.3) is 5.95 Å². The van der Waals surface area contributed by atoms with Crippen LogP contribution < -0.4 is 14.5 Å². The van der Waals surface area contributed by atoms with Crippen LogP contribution in [0, 0.1) is 6.92 Å². The quantitative estimate of drug-likeness (QED) is 0.828. The number of anilines is 2. The molecule has 136 valence electrons. The van der Waals surface area contributed by atoms with Crippen molar-refractivity contribution in [3.63, 3.8) is 0 Å². The van der Waals surface area contributed by atoms with Gasteiger partial charge in [-0.15, -0.1) is 0 Å². The number of benzene rings is 1. The van der Waals surface area contributed by atoms with Gasteiger partial charge in [-0.05, 0) is 56.6 Å². The molecule has 1 saturated heterocycles. The summed E-state index contributed by atoms with van der Waals surface area (Å²) in [4.78, 5) is 9.12. The summed E-state index contributed by atoms with van der Waals surface area (Å²) in [6.45, 7) is 13.2. The minimum Gasteiger partial charge on any atom is -0.491 e. The van der Waals surface area contributed by atoms with Crippen LogP contribution in [0.15, 0.2) is 22.7 Å². The average Bonchev–Trinajstić information content (AvgIpc) is 3.03. The monoisotopic (exact) mass is 344 g/mol. The van der Waals surface area contributed by atoms with Crippen LogP contribution in [-0.2, 0) is 6.42 Å². The Morgan fingerprint density at radius 1 is 1.32 bits per heavy atom. The fourth-order valence-corrected chi connectivity index (χ4v) is 3.31. The molecule has 0 N–H and O–H groups in total. The van der Waals surface area contributed by atoms with Crippen molar-refractivity contribution in [2.75, 3.05) is 29.4 Å². The van der Waals surface area contributed by atoms with Crippen LogP contribution >= 0.6 is 0 Å². The minimum atomic E-state index is 0.191. The summed E-state index contributed by atoms with van der Waals surface area (Å²) in [5.41, 5.74) is 2.51. The molecule has 0 saturated carbocycles. The van der Waals surface area contributed by atoms with Crippen LogP contribution in [-0.4, -0.2) is 41.9 Å². The molecule has 0 unspecified atom stereocenters. The molecule has 2 heterocycles. The molecule has 2 aromatic rings. The molecule has 1 aliphatic heterocycles. The van der Waals surface area contributed by atoms with Crippen LogP contribution in [0.2, 0.25) is 0 Å². The van der Waals surface area contributed by atoms with E-state index in [1.165, 1.54) is 11.3 Å². The molecule has 6 heteroatoms. The van der Waals surface area contributed by atoms with Gasteiger partial charge in [0, 0.05) is 37.8 Å². The standard InChI is InChI=1S/C19H28N4O2/c1-6-18-20-19(21-25-18)23-10-9-22(12-15(23)5)17-8-7-16(11-14(17)4)24-13(2)3/h7-8,11,13,15H,6,9-10,12H2,1-5H3/t15-/m0/s1. The summed E-state index contributed by atoms with van der Waals surface area (Å²) in [5.74, 6) is 2.34. The molecule has 1 fully saturated rings. The van der Waals surface area contributed by atoms with Gasteiger partial charge in [0.15, 0.2) is 0 Å². The lowest BCUT2D eigenvalue weighted by atomic mass is 10.1. The van der Waals surface area contributed by atoms with Gasteiger partial charge in [0.2, 0.25) is 5.89 Å². The number of aryl methyl sites for hydroxylation is 2. The van der Waals surface area contributed by atoms with E-state index in [-0.39, 0.29) is 6.10 Å². The van der Waals surface area contributed by atoms with Crippen molar-refractivity contribution in [2.45, 2.75) is 53.2 Å². The molecular weight excluding hydrogens is 316 g/mol. The van der Waals surface area contributed by atoms with Gasteiger partial charge in [-0.3, -0.25) is 0 Å². The summed E-state index contributed by atoms with van der Waals surface area (Å²) in [7, 11) is 0. The van der Waals surface area contributed by atoms with Gasteiger partial charge in [-0.25, -0.2) is 0 Å². The van der Waals surface area contributed by atoms with E-state index in [1.54, 1.807) is 0 Å². The van der Waals surface area contributed by atoms with Gasteiger partial charge >= 0.3 is 0 Å². The maximum Gasteiger partial charge on any atom is 0.266 e. The van der Waals surface area contributed by atoms with Crippen molar-refractivity contribution in [3.05, 3.63) is 29.7 Å². The lowest BCUT2D eigenvalue weighted by molar-refractivity contribution is 0.242. The summed E-state index contributed by atoms with van der Waals surface area (Å²) in [6.07, 6.45) is 0.961. The predicted octanol–water partition coefficient (Wildman–Crippen LogP) is 3.44. The number of ether oxygens (including phenoxy) is 1. The molecule has 0 radical (unpaired) electrons. The zero-order chi connectivity index (χ0) is 18.0. The Balaban J connectivity index is 1.70. The fourth-order valence-electron chi connectivity index (χ4n) is 3.31. The van der Waals surface area contributed by atoms with E-state index >= 15 is 0 Å². The molecule has 1 atom stereocenters. The third-order valence-electron chi connectivity index (χ3n) is 4.52. The topological polar surface area (TPSA) is 54.6 Å². The van der Waals surface area contributed by atoms with Gasteiger partial charge in [0.05, 0.1) is 6.10 Å². The summed E-state index contributed by atoms with van der Waals surface area (Å²) < 4.78 is 11.1. The Kier molecular flexibility index (Phi) is 5.16. The van der Waals surface area contributed by atoms with Crippen LogP contribution in [0.5, 0.6) is 5.75 Å². The van der Waals surface area contributed by atoms with Crippen LogP contribution in [0.25, 0.3) is 0 Å². The number of hydrogen-bond acceptors (Lipinski definition) is 6. The zero-order valence-corrected chi connectivity index (χ0v) is 15.8. The molecule has 0 aliphatic carbocycles. The SMILES string of the molecule is CCc1nc(N2CCN(c3ccc(OC(C)C)cc3C)C[C@@H]2C)no1. The number of rotatable bonds is 5. The average molecular weight is 344 g/mol. The fraction of sp³-hybridized carbons (Fsp3) is 0.579. The van der Waals surface area contributed by atoms with E-state index in [9.17, 15) is 0 Å². The van der Waals surface area contributed by atoms with E-state index in [0.29, 0.717) is 17.9 Å². The normalized spacial score (nSPS) is 18.1. The van der Waals surface area contributed by atoms with E-state index in [0.717, 1.165) is 31.8 Å². The Bertz CT molecular complexity index is 713. The Labute approximate surface area is 149 Å². The molecule has 1 aliphatic rings. The lowest BCUT2D eigenvalue weighted by Gasteiger charge is -2.40. The first-order valence-electron chi connectivity index (χ1n) is 9.09. The van der Waals surface area contributed by atoms with Crippen molar-refractivity contribution >= 4 is 11.6 Å². The van der Waals surface area contributed by atoms with Crippen molar-refractivity contribution in [1.29, 1.82) is 0 Å². The lowest BCUT2D eigenvalue weighted by Crippen LogP contribution is -2.52. The van der Waals surface area contributed by atoms with Crippen molar-refractivity contribution < 1.29 is 9.26 Å². The molecular formula is C19H28N4O2. The Morgan fingerprint density at radius 3 is 2.72 bits per heavy atom. The van der Waals surface area contributed by atoms with Crippen molar-refractivity contribution in [3.8, 4) is 5.75 Å². The Morgan fingerprint density at radius 2 is 2.12 bits per heavy atom. The predicted molar refractivity (Wildman–Crippen MR) is 99.6 cm³/mol. The summed E-state index contributed by atoms with van der Waals surface area (Å²) in [6, 6.07) is 6.67. The van der Waals surface area contributed by atoms with Gasteiger partial charge in [0.1, 0.15) is 5.75 Å². The van der Waals surface area contributed by atoms with Gasteiger partial charge in [-0.2, -0.15) is 4.98 Å². The van der Waals surface area contributed by atoms with E-state index < -0.39 is 0 Å². The molecule has 0 amide bonds. The smallest absolute Gasteiger partial charge is 0.266 e. The molecule has 6 nitrogen and oxygen atoms in total. The van der Waals surface area contributed by atoms with Crippen LogP contribution in [0.4, 0.5) is 11.6 Å². The summed E-state index contributed by atoms with van der Waals surface area (Å²) >= 11 is 0. The zero-order valence-electron chi connectivity index (χ0n) is 15.8. The number of aromatic nitrogens is 2.